The molecule has 2 aromatic carbocycles. The van der Waals surface area contributed by atoms with Crippen molar-refractivity contribution < 1.29 is 35.5 Å². The van der Waals surface area contributed by atoms with Crippen molar-refractivity contribution in [1.82, 2.24) is 0 Å². The van der Waals surface area contributed by atoms with Crippen LogP contribution < -0.4 is 4.74 Å². The Hall–Kier alpha value is -2.16. The van der Waals surface area contributed by atoms with Gasteiger partial charge in [0, 0.05) is 6.08 Å². The van der Waals surface area contributed by atoms with E-state index in [0.717, 1.165) is 0 Å². The fourth-order valence-corrected chi connectivity index (χ4v) is 5.17. The van der Waals surface area contributed by atoms with Gasteiger partial charge in [-0.1, -0.05) is 18.2 Å². The van der Waals surface area contributed by atoms with Gasteiger partial charge in [0.2, 0.25) is 0 Å². The van der Waals surface area contributed by atoms with E-state index in [-0.39, 0.29) is 15.9 Å². The van der Waals surface area contributed by atoms with Crippen molar-refractivity contribution in [3.8, 4) is 5.75 Å². The molecular formula is C19H14F7OS+. The maximum atomic E-state index is 15.7. The number of rotatable bonds is 4. The Morgan fingerprint density at radius 1 is 0.679 bits per heavy atom. The fourth-order valence-electron chi connectivity index (χ4n) is 2.79. The Kier molecular flexibility index (Phi) is 4.94. The molecule has 0 amide bonds. The van der Waals surface area contributed by atoms with Crippen LogP contribution in [0.5, 0.6) is 5.75 Å². The van der Waals surface area contributed by atoms with Crippen molar-refractivity contribution in [3.05, 3.63) is 66.7 Å². The third kappa shape index (κ3) is 2.87. The van der Waals surface area contributed by atoms with Gasteiger partial charge in [-0.25, -0.2) is 0 Å². The minimum absolute atomic E-state index is 0.0412. The third-order valence-electron chi connectivity index (χ3n) is 4.32. The number of alkyl halides is 7. The van der Waals surface area contributed by atoms with Gasteiger partial charge in [-0.3, -0.25) is 0 Å². The van der Waals surface area contributed by atoms with Gasteiger partial charge in [-0.05, 0) is 42.5 Å². The van der Waals surface area contributed by atoms with Crippen molar-refractivity contribution in [1.29, 1.82) is 0 Å². The van der Waals surface area contributed by atoms with Crippen molar-refractivity contribution in [3.63, 3.8) is 0 Å². The molecule has 150 valence electrons. The van der Waals surface area contributed by atoms with Crippen LogP contribution in [-0.4, -0.2) is 29.9 Å². The predicted octanol–water partition coefficient (Wildman–Crippen LogP) is 5.87. The second kappa shape index (κ2) is 6.72. The molecule has 1 aliphatic carbocycles. The topological polar surface area (TPSA) is 9.23 Å². The first-order valence-corrected chi connectivity index (χ1v) is 9.17. The highest BCUT2D eigenvalue weighted by Crippen LogP contribution is 2.60. The lowest BCUT2D eigenvalue weighted by Gasteiger charge is -2.40. The highest BCUT2D eigenvalue weighted by molar-refractivity contribution is 7.98. The number of hydrogen-bond donors (Lipinski definition) is 0. The van der Waals surface area contributed by atoms with E-state index in [2.05, 4.69) is 0 Å². The molecule has 0 fully saturated rings. The van der Waals surface area contributed by atoms with E-state index >= 15 is 4.39 Å². The molecule has 1 nitrogen and oxygen atoms in total. The second-order valence-electron chi connectivity index (χ2n) is 6.04. The molecule has 0 saturated carbocycles. The standard InChI is InChI=1S/C19H14F7OS/c1-27-13-7-9-15(10-8-13)28(14-5-3-2-4-6-14)17(22)12-11-16(20,21)18(23,24)19(17,25)26/h2-12H,1H3/q+1. The molecule has 0 bridgehead atoms. The molecule has 3 rings (SSSR count). The molecule has 0 spiro atoms. The zero-order chi connectivity index (χ0) is 20.8. The van der Waals surface area contributed by atoms with Crippen LogP contribution in [0.2, 0.25) is 0 Å². The van der Waals surface area contributed by atoms with Crippen LogP contribution in [0.3, 0.4) is 0 Å². The first kappa shape index (κ1) is 20.6. The number of methoxy groups -OCH3 is 1. The van der Waals surface area contributed by atoms with Gasteiger partial charge in [0.1, 0.15) is 16.6 Å². The van der Waals surface area contributed by atoms with Crippen molar-refractivity contribution >= 4 is 10.9 Å². The van der Waals surface area contributed by atoms with Gasteiger partial charge in [-0.2, -0.15) is 30.7 Å². The number of benzene rings is 2. The number of allylic oxidation sites excluding steroid dienone is 1. The zero-order valence-corrected chi connectivity index (χ0v) is 15.1. The highest BCUT2D eigenvalue weighted by Gasteiger charge is 2.86. The van der Waals surface area contributed by atoms with E-state index in [0.29, 0.717) is 5.75 Å². The Bertz CT molecular complexity index is 868. The Morgan fingerprint density at radius 3 is 1.75 bits per heavy atom. The van der Waals surface area contributed by atoms with Gasteiger partial charge in [0.05, 0.1) is 7.11 Å². The summed E-state index contributed by atoms with van der Waals surface area (Å²) in [7, 11) is -0.985. The Morgan fingerprint density at radius 2 is 1.21 bits per heavy atom. The lowest BCUT2D eigenvalue weighted by atomic mass is 9.93. The summed E-state index contributed by atoms with van der Waals surface area (Å²) in [6, 6.07) is 12.1. The number of hydrogen-bond acceptors (Lipinski definition) is 1. The average Bonchev–Trinajstić information content (AvgIpc) is 2.67. The molecule has 1 aliphatic rings. The summed E-state index contributed by atoms with van der Waals surface area (Å²) in [5.74, 6) is -16.4. The number of ether oxygens (including phenoxy) is 1. The predicted molar refractivity (Wildman–Crippen MR) is 91.2 cm³/mol. The summed E-state index contributed by atoms with van der Waals surface area (Å²) in [6.45, 7) is 0. The van der Waals surface area contributed by atoms with Gasteiger partial charge in [0.15, 0.2) is 9.79 Å². The van der Waals surface area contributed by atoms with Gasteiger partial charge in [0.25, 0.3) is 0 Å². The fraction of sp³-hybridized carbons (Fsp3) is 0.263. The molecule has 0 radical (unpaired) electrons. The highest BCUT2D eigenvalue weighted by atomic mass is 32.2. The van der Waals surface area contributed by atoms with Crippen LogP contribution in [0.25, 0.3) is 0 Å². The molecule has 0 N–H and O–H groups in total. The first-order valence-electron chi connectivity index (χ1n) is 7.94. The molecule has 2 unspecified atom stereocenters. The van der Waals surface area contributed by atoms with Crippen LogP contribution >= 0.6 is 0 Å². The monoisotopic (exact) mass is 423 g/mol. The number of halogens is 7. The average molecular weight is 423 g/mol. The van der Waals surface area contributed by atoms with Crippen LogP contribution in [0.15, 0.2) is 76.5 Å². The molecule has 2 aromatic rings. The molecule has 2 atom stereocenters. The van der Waals surface area contributed by atoms with Gasteiger partial charge < -0.3 is 4.74 Å². The smallest absolute Gasteiger partial charge is 0.399 e. The van der Waals surface area contributed by atoms with Crippen molar-refractivity contribution in [2.24, 2.45) is 0 Å². The van der Waals surface area contributed by atoms with Gasteiger partial charge >= 0.3 is 22.8 Å². The van der Waals surface area contributed by atoms with Crippen molar-refractivity contribution in [2.75, 3.05) is 7.11 Å². The Labute approximate surface area is 159 Å². The molecule has 0 aliphatic heterocycles. The molecule has 0 aromatic heterocycles. The van der Waals surface area contributed by atoms with Crippen LogP contribution in [0, 0.1) is 0 Å². The lowest BCUT2D eigenvalue weighted by molar-refractivity contribution is -0.317. The van der Waals surface area contributed by atoms with E-state index < -0.39 is 39.7 Å². The maximum absolute atomic E-state index is 15.7. The van der Waals surface area contributed by atoms with E-state index in [1.54, 1.807) is 0 Å². The van der Waals surface area contributed by atoms with Gasteiger partial charge in [-0.15, -0.1) is 0 Å². The molecule has 0 saturated heterocycles. The zero-order valence-electron chi connectivity index (χ0n) is 14.3. The van der Waals surface area contributed by atoms with E-state index in [1.165, 1.54) is 61.7 Å². The quantitative estimate of drug-likeness (QED) is 0.339. The van der Waals surface area contributed by atoms with E-state index in [1.807, 2.05) is 0 Å². The van der Waals surface area contributed by atoms with Crippen molar-refractivity contribution in [2.45, 2.75) is 32.6 Å². The third-order valence-corrected chi connectivity index (χ3v) is 6.79. The van der Waals surface area contributed by atoms with Crippen LogP contribution in [0.1, 0.15) is 0 Å². The summed E-state index contributed by atoms with van der Waals surface area (Å²) in [6.07, 6.45) is -0.609. The molecule has 28 heavy (non-hydrogen) atoms. The normalized spacial score (nSPS) is 25.9. The van der Waals surface area contributed by atoms with Crippen LogP contribution in [-0.2, 0) is 10.9 Å². The largest absolute Gasteiger partial charge is 0.497 e. The molecule has 9 heteroatoms. The summed E-state index contributed by atoms with van der Waals surface area (Å²) in [4.78, 5) is -0.111. The molecular weight excluding hydrogens is 409 g/mol. The summed E-state index contributed by atoms with van der Waals surface area (Å²) in [5, 5.41) is -4.08. The van der Waals surface area contributed by atoms with Crippen LogP contribution in [0.4, 0.5) is 30.7 Å². The second-order valence-corrected chi connectivity index (χ2v) is 8.19. The van der Waals surface area contributed by atoms with E-state index in [9.17, 15) is 26.3 Å². The summed E-state index contributed by atoms with van der Waals surface area (Å²) in [5.41, 5.74) is 0. The first-order chi connectivity index (χ1) is 13.0. The Balaban J connectivity index is 2.25. The summed E-state index contributed by atoms with van der Waals surface area (Å²) < 4.78 is 105. The maximum Gasteiger partial charge on any atom is 0.399 e. The summed E-state index contributed by atoms with van der Waals surface area (Å²) >= 11 is 0. The minimum atomic E-state index is -5.91. The lowest BCUT2D eigenvalue weighted by Crippen LogP contribution is -2.67. The molecule has 0 heterocycles. The SMILES string of the molecule is COc1ccc([S+](c2ccccc2)C2(F)C=CC(F)(F)C(F)(F)C2(F)F)cc1. The van der Waals surface area contributed by atoms with E-state index in [4.69, 9.17) is 4.74 Å². The minimum Gasteiger partial charge on any atom is -0.497 e.